The Morgan fingerprint density at radius 1 is 1.24 bits per heavy atom. The molecular weight excluding hydrogens is 262 g/mol. The Labute approximate surface area is 128 Å². The van der Waals surface area contributed by atoms with Gasteiger partial charge >= 0.3 is 0 Å². The zero-order chi connectivity index (χ0) is 15.4. The Balaban J connectivity index is 2.05. The van der Waals surface area contributed by atoms with E-state index >= 15 is 0 Å². The fraction of sp³-hybridized carbons (Fsp3) is 0.611. The molecule has 3 nitrogen and oxygen atoms in total. The van der Waals surface area contributed by atoms with Crippen LogP contribution in [0.25, 0.3) is 0 Å². The Hall–Kier alpha value is -1.51. The molecule has 21 heavy (non-hydrogen) atoms. The Morgan fingerprint density at radius 3 is 2.48 bits per heavy atom. The van der Waals surface area contributed by atoms with Crippen LogP contribution in [0.15, 0.2) is 24.3 Å². The van der Waals surface area contributed by atoms with Crippen molar-refractivity contribution in [3.05, 3.63) is 24.3 Å². The first-order valence-corrected chi connectivity index (χ1v) is 7.96. The van der Waals surface area contributed by atoms with Crippen LogP contribution >= 0.6 is 0 Å². The molecule has 1 aliphatic rings. The molecule has 116 valence electrons. The van der Waals surface area contributed by atoms with Crippen LogP contribution in [-0.2, 0) is 4.79 Å². The number of amides is 1. The number of ether oxygens (including phenoxy) is 1. The van der Waals surface area contributed by atoms with Gasteiger partial charge in [0.25, 0.3) is 0 Å². The minimum atomic E-state index is 0.135. The summed E-state index contributed by atoms with van der Waals surface area (Å²) in [6.45, 7) is 6.72. The van der Waals surface area contributed by atoms with Gasteiger partial charge in [-0.3, -0.25) is 4.79 Å². The largest absolute Gasteiger partial charge is 0.497 e. The third kappa shape index (κ3) is 3.99. The summed E-state index contributed by atoms with van der Waals surface area (Å²) in [5, 5.41) is 3.07. The number of rotatable bonds is 4. The molecule has 1 N–H and O–H groups in total. The van der Waals surface area contributed by atoms with Crippen molar-refractivity contribution in [2.24, 2.45) is 23.7 Å². The zero-order valence-corrected chi connectivity index (χ0v) is 13.6. The number of carbonyl (C=O) groups excluding carboxylic acids is 1. The zero-order valence-electron chi connectivity index (χ0n) is 13.6. The van der Waals surface area contributed by atoms with Crippen molar-refractivity contribution in [3.63, 3.8) is 0 Å². The van der Waals surface area contributed by atoms with Gasteiger partial charge in [-0.15, -0.1) is 0 Å². The summed E-state index contributed by atoms with van der Waals surface area (Å²) in [4.78, 5) is 12.6. The molecule has 0 radical (unpaired) electrons. The first-order valence-electron chi connectivity index (χ1n) is 7.96. The summed E-state index contributed by atoms with van der Waals surface area (Å²) < 4.78 is 5.14. The highest BCUT2D eigenvalue weighted by Crippen LogP contribution is 2.38. The van der Waals surface area contributed by atoms with E-state index < -0.39 is 0 Å². The van der Waals surface area contributed by atoms with E-state index in [9.17, 15) is 4.79 Å². The van der Waals surface area contributed by atoms with E-state index in [4.69, 9.17) is 4.74 Å². The van der Waals surface area contributed by atoms with Crippen LogP contribution in [0.5, 0.6) is 5.75 Å². The van der Waals surface area contributed by atoms with Crippen LogP contribution in [-0.4, -0.2) is 13.0 Å². The topological polar surface area (TPSA) is 38.3 Å². The second-order valence-electron chi connectivity index (χ2n) is 6.65. The Morgan fingerprint density at radius 2 is 1.90 bits per heavy atom. The lowest BCUT2D eigenvalue weighted by atomic mass is 9.70. The lowest BCUT2D eigenvalue weighted by molar-refractivity contribution is -0.123. The molecule has 1 fully saturated rings. The van der Waals surface area contributed by atoms with Crippen LogP contribution in [0.2, 0.25) is 0 Å². The molecule has 0 bridgehead atoms. The Bertz CT molecular complexity index is 467. The SMILES string of the molecule is COc1ccc(NC(=O)[C@@H]2CC(C)CC[C@H]2C(C)C)cc1. The molecule has 1 amide bonds. The molecule has 3 atom stereocenters. The highest BCUT2D eigenvalue weighted by Gasteiger charge is 2.35. The number of nitrogens with one attached hydrogen (secondary N) is 1. The molecule has 0 heterocycles. The number of methoxy groups -OCH3 is 1. The molecule has 0 spiro atoms. The molecule has 0 aliphatic heterocycles. The van der Waals surface area contributed by atoms with Gasteiger partial charge in [0.05, 0.1) is 7.11 Å². The van der Waals surface area contributed by atoms with Crippen molar-refractivity contribution < 1.29 is 9.53 Å². The van der Waals surface area contributed by atoms with Crippen LogP contribution in [0.3, 0.4) is 0 Å². The standard InChI is InChI=1S/C18H27NO2/c1-12(2)16-10-5-13(3)11-17(16)18(20)19-14-6-8-15(21-4)9-7-14/h6-9,12-13,16-17H,5,10-11H2,1-4H3,(H,19,20)/t13?,16-,17+/m0/s1. The molecule has 0 aromatic heterocycles. The van der Waals surface area contributed by atoms with Crippen LogP contribution < -0.4 is 10.1 Å². The summed E-state index contributed by atoms with van der Waals surface area (Å²) in [6.07, 6.45) is 3.42. The first-order chi connectivity index (χ1) is 10.0. The third-order valence-corrected chi connectivity index (χ3v) is 4.72. The van der Waals surface area contributed by atoms with Crippen molar-refractivity contribution in [2.45, 2.75) is 40.0 Å². The summed E-state index contributed by atoms with van der Waals surface area (Å²) in [5.74, 6) is 2.82. The fourth-order valence-electron chi connectivity index (χ4n) is 3.41. The highest BCUT2D eigenvalue weighted by molar-refractivity contribution is 5.92. The van der Waals surface area contributed by atoms with Crippen molar-refractivity contribution in [2.75, 3.05) is 12.4 Å². The van der Waals surface area contributed by atoms with Gasteiger partial charge in [0.2, 0.25) is 5.91 Å². The van der Waals surface area contributed by atoms with Gasteiger partial charge in [0.1, 0.15) is 5.75 Å². The molecule has 1 aliphatic carbocycles. The lowest BCUT2D eigenvalue weighted by Gasteiger charge is -2.36. The van der Waals surface area contributed by atoms with E-state index in [1.165, 1.54) is 12.8 Å². The van der Waals surface area contributed by atoms with Gasteiger partial charge in [-0.05, 0) is 54.9 Å². The van der Waals surface area contributed by atoms with Gasteiger partial charge in [0.15, 0.2) is 0 Å². The number of hydrogen-bond acceptors (Lipinski definition) is 2. The van der Waals surface area contributed by atoms with Crippen LogP contribution in [0.4, 0.5) is 5.69 Å². The molecule has 1 unspecified atom stereocenters. The summed E-state index contributed by atoms with van der Waals surface area (Å²) in [7, 11) is 1.64. The number of hydrogen-bond donors (Lipinski definition) is 1. The predicted octanol–water partition coefficient (Wildman–Crippen LogP) is 4.34. The predicted molar refractivity (Wildman–Crippen MR) is 86.5 cm³/mol. The van der Waals surface area contributed by atoms with Gasteiger partial charge in [-0.25, -0.2) is 0 Å². The van der Waals surface area contributed by atoms with Crippen LogP contribution in [0.1, 0.15) is 40.0 Å². The molecule has 2 rings (SSSR count). The summed E-state index contributed by atoms with van der Waals surface area (Å²) in [6, 6.07) is 7.54. The maximum Gasteiger partial charge on any atom is 0.227 e. The van der Waals surface area contributed by atoms with E-state index in [2.05, 4.69) is 26.1 Å². The minimum absolute atomic E-state index is 0.135. The molecule has 1 saturated carbocycles. The maximum atomic E-state index is 12.6. The van der Waals surface area contributed by atoms with Crippen molar-refractivity contribution >= 4 is 11.6 Å². The smallest absolute Gasteiger partial charge is 0.227 e. The maximum absolute atomic E-state index is 12.6. The second-order valence-corrected chi connectivity index (χ2v) is 6.65. The summed E-state index contributed by atoms with van der Waals surface area (Å²) >= 11 is 0. The second kappa shape index (κ2) is 6.97. The molecular formula is C18H27NO2. The normalized spacial score (nSPS) is 25.7. The third-order valence-electron chi connectivity index (χ3n) is 4.72. The number of benzene rings is 1. The van der Waals surface area contributed by atoms with Gasteiger partial charge in [0, 0.05) is 11.6 Å². The fourth-order valence-corrected chi connectivity index (χ4v) is 3.41. The lowest BCUT2D eigenvalue weighted by Crippen LogP contribution is -2.36. The number of carbonyl (C=O) groups is 1. The van der Waals surface area contributed by atoms with Crippen molar-refractivity contribution in [1.82, 2.24) is 0 Å². The summed E-state index contributed by atoms with van der Waals surface area (Å²) in [5.41, 5.74) is 0.849. The molecule has 3 heteroatoms. The van der Waals surface area contributed by atoms with Crippen LogP contribution in [0, 0.1) is 23.7 Å². The average Bonchev–Trinajstić information content (AvgIpc) is 2.47. The quantitative estimate of drug-likeness (QED) is 0.895. The van der Waals surface area contributed by atoms with Gasteiger partial charge in [-0.1, -0.05) is 27.2 Å². The van der Waals surface area contributed by atoms with Gasteiger partial charge < -0.3 is 10.1 Å². The monoisotopic (exact) mass is 289 g/mol. The van der Waals surface area contributed by atoms with Crippen molar-refractivity contribution in [3.8, 4) is 5.75 Å². The Kier molecular flexibility index (Phi) is 5.27. The average molecular weight is 289 g/mol. The van der Waals surface area contributed by atoms with Crippen molar-refractivity contribution in [1.29, 1.82) is 0 Å². The molecule has 1 aromatic rings. The van der Waals surface area contributed by atoms with E-state index in [0.29, 0.717) is 17.8 Å². The van der Waals surface area contributed by atoms with E-state index in [0.717, 1.165) is 17.9 Å². The first kappa shape index (κ1) is 15.9. The van der Waals surface area contributed by atoms with E-state index in [-0.39, 0.29) is 11.8 Å². The molecule has 1 aromatic carbocycles. The molecule has 0 saturated heterocycles. The minimum Gasteiger partial charge on any atom is -0.497 e. The van der Waals surface area contributed by atoms with E-state index in [1.54, 1.807) is 7.11 Å². The number of anilines is 1. The van der Waals surface area contributed by atoms with Gasteiger partial charge in [-0.2, -0.15) is 0 Å². The van der Waals surface area contributed by atoms with E-state index in [1.807, 2.05) is 24.3 Å². The highest BCUT2D eigenvalue weighted by atomic mass is 16.5.